The molecule has 5 nitrogen and oxygen atoms in total. The van der Waals surface area contributed by atoms with Gasteiger partial charge < -0.3 is 0 Å². The lowest BCUT2D eigenvalue weighted by atomic mass is 10.1. The van der Waals surface area contributed by atoms with E-state index in [1.807, 2.05) is 19.3 Å². The van der Waals surface area contributed by atoms with E-state index < -0.39 is 0 Å². The predicted octanol–water partition coefficient (Wildman–Crippen LogP) is 1.69. The van der Waals surface area contributed by atoms with Gasteiger partial charge in [0.05, 0.1) is 5.69 Å². The van der Waals surface area contributed by atoms with Crippen molar-refractivity contribution in [2.24, 2.45) is 14.1 Å². The highest BCUT2D eigenvalue weighted by molar-refractivity contribution is 14.1. The molecule has 0 unspecified atom stereocenters. The molecule has 0 aliphatic carbocycles. The van der Waals surface area contributed by atoms with Crippen molar-refractivity contribution in [1.82, 2.24) is 19.6 Å². The molecule has 2 heterocycles. The Kier molecular flexibility index (Phi) is 3.02. The van der Waals surface area contributed by atoms with Crippen LogP contribution in [0.3, 0.4) is 0 Å². The van der Waals surface area contributed by atoms with Gasteiger partial charge in [-0.15, -0.1) is 0 Å². The van der Waals surface area contributed by atoms with Crippen LogP contribution in [0.5, 0.6) is 0 Å². The standard InChI is InChI=1S/C11H10IN5/c1-7(9-6-16(2)15-11(9)12)10-4-8(5-13)14-17(10)3/h4,6H,1H2,2-3H3. The average Bonchev–Trinajstić information content (AvgIpc) is 2.81. The fourth-order valence-electron chi connectivity index (χ4n) is 1.61. The van der Waals surface area contributed by atoms with Gasteiger partial charge in [0.1, 0.15) is 9.77 Å². The minimum atomic E-state index is 0.391. The molecule has 17 heavy (non-hydrogen) atoms. The van der Waals surface area contributed by atoms with Crippen molar-refractivity contribution in [1.29, 1.82) is 5.26 Å². The molecule has 0 bridgehead atoms. The lowest BCUT2D eigenvalue weighted by Gasteiger charge is -2.03. The smallest absolute Gasteiger partial charge is 0.163 e. The third kappa shape index (κ3) is 2.10. The summed E-state index contributed by atoms with van der Waals surface area (Å²) in [7, 11) is 3.66. The topological polar surface area (TPSA) is 59.4 Å². The number of rotatable bonds is 2. The zero-order chi connectivity index (χ0) is 12.6. The second kappa shape index (κ2) is 4.33. The first-order valence-corrected chi connectivity index (χ1v) is 5.93. The van der Waals surface area contributed by atoms with E-state index in [1.54, 1.807) is 22.5 Å². The number of hydrogen-bond acceptors (Lipinski definition) is 3. The lowest BCUT2D eigenvalue weighted by molar-refractivity contribution is 0.752. The summed E-state index contributed by atoms with van der Waals surface area (Å²) in [4.78, 5) is 0. The zero-order valence-electron chi connectivity index (χ0n) is 9.48. The monoisotopic (exact) mass is 339 g/mol. The van der Waals surface area contributed by atoms with Crippen LogP contribution in [-0.4, -0.2) is 19.6 Å². The molecule has 0 spiro atoms. The summed E-state index contributed by atoms with van der Waals surface area (Å²) >= 11 is 2.16. The molecule has 0 amide bonds. The summed E-state index contributed by atoms with van der Waals surface area (Å²) in [6.45, 7) is 4.05. The quantitative estimate of drug-likeness (QED) is 0.783. The molecule has 6 heteroatoms. The van der Waals surface area contributed by atoms with Crippen LogP contribution in [-0.2, 0) is 14.1 Å². The van der Waals surface area contributed by atoms with E-state index in [4.69, 9.17) is 5.26 Å². The second-order valence-corrected chi connectivity index (χ2v) is 4.66. The summed E-state index contributed by atoms with van der Waals surface area (Å²) in [5, 5.41) is 17.2. The van der Waals surface area contributed by atoms with Crippen LogP contribution in [0.1, 0.15) is 17.0 Å². The van der Waals surface area contributed by atoms with Gasteiger partial charge in [-0.05, 0) is 22.6 Å². The highest BCUT2D eigenvalue weighted by atomic mass is 127. The minimum Gasteiger partial charge on any atom is -0.274 e. The largest absolute Gasteiger partial charge is 0.274 e. The van der Waals surface area contributed by atoms with Crippen LogP contribution < -0.4 is 0 Å². The SMILES string of the molecule is C=C(c1cn(C)nc1I)c1cc(C#N)nn1C. The first-order chi connectivity index (χ1) is 8.02. The van der Waals surface area contributed by atoms with Crippen LogP contribution in [0.15, 0.2) is 18.8 Å². The number of halogens is 1. The Morgan fingerprint density at radius 1 is 1.47 bits per heavy atom. The number of hydrogen-bond donors (Lipinski definition) is 0. The van der Waals surface area contributed by atoms with Crippen LogP contribution >= 0.6 is 22.6 Å². The van der Waals surface area contributed by atoms with Crippen molar-refractivity contribution in [3.8, 4) is 6.07 Å². The van der Waals surface area contributed by atoms with Crippen molar-refractivity contribution in [2.75, 3.05) is 0 Å². The normalized spacial score (nSPS) is 10.2. The molecule has 0 N–H and O–H groups in total. The molecule has 0 aliphatic rings. The Morgan fingerprint density at radius 2 is 2.18 bits per heavy atom. The van der Waals surface area contributed by atoms with Crippen LogP contribution in [0.25, 0.3) is 5.57 Å². The van der Waals surface area contributed by atoms with Gasteiger partial charge in [0.2, 0.25) is 0 Å². The van der Waals surface area contributed by atoms with Gasteiger partial charge in [0.15, 0.2) is 5.69 Å². The van der Waals surface area contributed by atoms with E-state index in [2.05, 4.69) is 39.4 Å². The third-order valence-electron chi connectivity index (χ3n) is 2.41. The summed E-state index contributed by atoms with van der Waals surface area (Å²) in [5.74, 6) is 0. The Labute approximate surface area is 112 Å². The van der Waals surface area contributed by atoms with Gasteiger partial charge in [-0.1, -0.05) is 6.58 Å². The lowest BCUT2D eigenvalue weighted by Crippen LogP contribution is -1.98. The number of nitrogens with zero attached hydrogens (tertiary/aromatic N) is 5. The molecule has 2 aromatic heterocycles. The molecule has 0 saturated heterocycles. The highest BCUT2D eigenvalue weighted by Crippen LogP contribution is 2.25. The minimum absolute atomic E-state index is 0.391. The molecule has 0 aromatic carbocycles. The molecule has 0 atom stereocenters. The number of nitriles is 1. The summed E-state index contributed by atoms with van der Waals surface area (Å²) in [5.41, 5.74) is 3.00. The molecule has 0 aliphatic heterocycles. The van der Waals surface area contributed by atoms with Gasteiger partial charge in [0, 0.05) is 37.5 Å². The van der Waals surface area contributed by atoms with E-state index in [0.717, 1.165) is 20.5 Å². The van der Waals surface area contributed by atoms with Crippen LogP contribution in [0.4, 0.5) is 0 Å². The summed E-state index contributed by atoms with van der Waals surface area (Å²) in [6.07, 6.45) is 1.91. The Hall–Kier alpha value is -1.62. The maximum absolute atomic E-state index is 8.81. The Balaban J connectivity index is 2.47. The highest BCUT2D eigenvalue weighted by Gasteiger charge is 2.14. The molecule has 0 fully saturated rings. The third-order valence-corrected chi connectivity index (χ3v) is 3.21. The first kappa shape index (κ1) is 11.9. The van der Waals surface area contributed by atoms with Crippen molar-refractivity contribution in [3.63, 3.8) is 0 Å². The maximum atomic E-state index is 8.81. The van der Waals surface area contributed by atoms with E-state index in [9.17, 15) is 0 Å². The summed E-state index contributed by atoms with van der Waals surface area (Å²) < 4.78 is 4.28. The molecule has 2 rings (SSSR count). The van der Waals surface area contributed by atoms with Crippen molar-refractivity contribution in [2.45, 2.75) is 0 Å². The first-order valence-electron chi connectivity index (χ1n) is 4.86. The second-order valence-electron chi connectivity index (χ2n) is 3.64. The summed E-state index contributed by atoms with van der Waals surface area (Å²) in [6, 6.07) is 3.75. The molecular weight excluding hydrogens is 329 g/mol. The van der Waals surface area contributed by atoms with Crippen molar-refractivity contribution in [3.05, 3.63) is 39.5 Å². The van der Waals surface area contributed by atoms with Gasteiger partial charge >= 0.3 is 0 Å². The van der Waals surface area contributed by atoms with Crippen LogP contribution in [0.2, 0.25) is 0 Å². The van der Waals surface area contributed by atoms with E-state index >= 15 is 0 Å². The van der Waals surface area contributed by atoms with Crippen LogP contribution in [0, 0.1) is 15.0 Å². The fourth-order valence-corrected chi connectivity index (χ4v) is 2.41. The van der Waals surface area contributed by atoms with E-state index in [1.165, 1.54) is 0 Å². The molecular formula is C11H10IN5. The van der Waals surface area contributed by atoms with Gasteiger partial charge in [-0.2, -0.15) is 15.5 Å². The molecule has 86 valence electrons. The molecule has 0 saturated carbocycles. The maximum Gasteiger partial charge on any atom is 0.163 e. The number of aryl methyl sites for hydroxylation is 2. The van der Waals surface area contributed by atoms with Gasteiger partial charge in [0.25, 0.3) is 0 Å². The predicted molar refractivity (Wildman–Crippen MR) is 72.0 cm³/mol. The molecule has 2 aromatic rings. The zero-order valence-corrected chi connectivity index (χ0v) is 11.6. The van der Waals surface area contributed by atoms with Gasteiger partial charge in [-0.3, -0.25) is 9.36 Å². The van der Waals surface area contributed by atoms with Gasteiger partial charge in [-0.25, -0.2) is 0 Å². The van der Waals surface area contributed by atoms with E-state index in [-0.39, 0.29) is 0 Å². The van der Waals surface area contributed by atoms with Crippen molar-refractivity contribution >= 4 is 28.2 Å². The van der Waals surface area contributed by atoms with Crippen molar-refractivity contribution < 1.29 is 0 Å². The number of aromatic nitrogens is 4. The van der Waals surface area contributed by atoms with E-state index in [0.29, 0.717) is 5.69 Å². The Morgan fingerprint density at radius 3 is 2.65 bits per heavy atom. The average molecular weight is 339 g/mol. The fraction of sp³-hybridized carbons (Fsp3) is 0.182. The Bertz CT molecular complexity index is 629. The molecule has 0 radical (unpaired) electrons.